The number of carbonyl (C=O) groups is 3. The van der Waals surface area contributed by atoms with Gasteiger partial charge in [-0.05, 0) is 67.5 Å². The number of hydrogen-bond acceptors (Lipinski definition) is 3. The maximum atomic E-state index is 14.1. The van der Waals surface area contributed by atoms with E-state index in [0.717, 1.165) is 22.9 Å². The molecule has 3 rings (SSSR count). The number of piperidine rings is 1. The van der Waals surface area contributed by atoms with Crippen molar-refractivity contribution in [3.8, 4) is 0 Å². The highest BCUT2D eigenvalue weighted by atomic mass is 19.1. The number of aryl methyl sites for hydroxylation is 2. The van der Waals surface area contributed by atoms with Gasteiger partial charge in [0, 0.05) is 36.8 Å². The van der Waals surface area contributed by atoms with E-state index in [1.807, 2.05) is 13.8 Å². The number of benzene rings is 2. The molecule has 0 aliphatic carbocycles. The zero-order valence-corrected chi connectivity index (χ0v) is 18.1. The normalized spacial score (nSPS) is 16.2. The van der Waals surface area contributed by atoms with Gasteiger partial charge in [-0.3, -0.25) is 14.4 Å². The van der Waals surface area contributed by atoms with Crippen LogP contribution in [-0.2, 0) is 16.0 Å². The first-order valence-electron chi connectivity index (χ1n) is 10.5. The molecule has 2 amide bonds. The molecule has 1 saturated heterocycles. The van der Waals surface area contributed by atoms with Crippen molar-refractivity contribution < 1.29 is 28.3 Å². The van der Waals surface area contributed by atoms with E-state index in [-0.39, 0.29) is 30.7 Å². The minimum atomic E-state index is -0.994. The van der Waals surface area contributed by atoms with Crippen molar-refractivity contribution in [1.29, 1.82) is 0 Å². The lowest BCUT2D eigenvalue weighted by Gasteiger charge is -2.35. The molecule has 0 radical (unpaired) electrons. The second kappa shape index (κ2) is 9.89. The van der Waals surface area contributed by atoms with Gasteiger partial charge in [-0.25, -0.2) is 8.78 Å². The van der Waals surface area contributed by atoms with Gasteiger partial charge >= 0.3 is 5.97 Å². The first-order valence-corrected chi connectivity index (χ1v) is 10.5. The predicted octanol–water partition coefficient (Wildman–Crippen LogP) is 3.77. The van der Waals surface area contributed by atoms with Crippen LogP contribution in [0, 0.1) is 31.4 Å². The molecular formula is C24H26F2N2O4. The number of carboxylic acid groups (broad SMARTS) is 1. The van der Waals surface area contributed by atoms with Crippen molar-refractivity contribution >= 4 is 23.5 Å². The van der Waals surface area contributed by atoms with Crippen molar-refractivity contribution in [1.82, 2.24) is 5.32 Å². The highest BCUT2D eigenvalue weighted by Crippen LogP contribution is 2.32. The number of nitrogens with zero attached hydrogens (tertiary/aromatic N) is 1. The van der Waals surface area contributed by atoms with Crippen molar-refractivity contribution in [2.24, 2.45) is 5.92 Å². The Hall–Kier alpha value is -3.29. The predicted molar refractivity (Wildman–Crippen MR) is 116 cm³/mol. The van der Waals surface area contributed by atoms with Crippen molar-refractivity contribution in [3.05, 3.63) is 64.2 Å². The molecule has 0 aromatic heterocycles. The minimum absolute atomic E-state index is 0.0189. The molecule has 1 aliphatic heterocycles. The number of carboxylic acids is 1. The zero-order chi connectivity index (χ0) is 23.4. The van der Waals surface area contributed by atoms with Crippen LogP contribution in [0.5, 0.6) is 0 Å². The number of rotatable bonds is 7. The number of amides is 2. The molecule has 0 bridgehead atoms. The van der Waals surface area contributed by atoms with E-state index >= 15 is 0 Å². The maximum absolute atomic E-state index is 14.1. The molecule has 2 aromatic rings. The van der Waals surface area contributed by atoms with Crippen LogP contribution in [0.2, 0.25) is 0 Å². The topological polar surface area (TPSA) is 86.7 Å². The van der Waals surface area contributed by atoms with Gasteiger partial charge in [0.15, 0.2) is 0 Å². The van der Waals surface area contributed by atoms with Gasteiger partial charge < -0.3 is 15.3 Å². The van der Waals surface area contributed by atoms with Crippen LogP contribution in [0.25, 0.3) is 0 Å². The Kier molecular flexibility index (Phi) is 7.22. The molecule has 1 heterocycles. The fraction of sp³-hybridized carbons (Fsp3) is 0.375. The molecule has 1 atom stereocenters. The monoisotopic (exact) mass is 444 g/mol. The Morgan fingerprint density at radius 3 is 2.47 bits per heavy atom. The lowest BCUT2D eigenvalue weighted by Crippen LogP contribution is -2.41. The summed E-state index contributed by atoms with van der Waals surface area (Å²) in [6.45, 7) is 4.06. The van der Waals surface area contributed by atoms with E-state index < -0.39 is 17.6 Å². The molecule has 6 nitrogen and oxygen atoms in total. The Morgan fingerprint density at radius 2 is 1.84 bits per heavy atom. The van der Waals surface area contributed by atoms with E-state index in [9.17, 15) is 23.2 Å². The SMILES string of the molecule is Cc1cc(C(=O)NCCC(=O)O)cc(C)c1N1CC(Cc2ccc(F)cc2F)CCC1=O. The number of carbonyl (C=O) groups excluding carboxylic acids is 2. The van der Waals surface area contributed by atoms with Crippen LogP contribution in [-0.4, -0.2) is 36.0 Å². The largest absolute Gasteiger partial charge is 0.481 e. The highest BCUT2D eigenvalue weighted by Gasteiger charge is 2.29. The van der Waals surface area contributed by atoms with Crippen LogP contribution < -0.4 is 10.2 Å². The van der Waals surface area contributed by atoms with Crippen molar-refractivity contribution in [3.63, 3.8) is 0 Å². The van der Waals surface area contributed by atoms with E-state index in [0.29, 0.717) is 36.9 Å². The van der Waals surface area contributed by atoms with Gasteiger partial charge in [0.2, 0.25) is 5.91 Å². The first-order chi connectivity index (χ1) is 15.2. The summed E-state index contributed by atoms with van der Waals surface area (Å²) in [5, 5.41) is 11.3. The molecule has 8 heteroatoms. The summed E-state index contributed by atoms with van der Waals surface area (Å²) in [7, 11) is 0. The Labute approximate surface area is 185 Å². The Balaban J connectivity index is 1.77. The number of aliphatic carboxylic acids is 1. The number of nitrogens with one attached hydrogen (secondary N) is 1. The van der Waals surface area contributed by atoms with Crippen molar-refractivity contribution in [2.75, 3.05) is 18.0 Å². The highest BCUT2D eigenvalue weighted by molar-refractivity contribution is 5.99. The second-order valence-electron chi connectivity index (χ2n) is 8.21. The molecule has 2 N–H and O–H groups in total. The molecule has 0 spiro atoms. The Morgan fingerprint density at radius 1 is 1.16 bits per heavy atom. The van der Waals surface area contributed by atoms with E-state index in [2.05, 4.69) is 5.32 Å². The molecule has 32 heavy (non-hydrogen) atoms. The third kappa shape index (κ3) is 5.49. The minimum Gasteiger partial charge on any atom is -0.481 e. The third-order valence-corrected chi connectivity index (χ3v) is 5.68. The summed E-state index contributed by atoms with van der Waals surface area (Å²) in [4.78, 5) is 37.4. The number of hydrogen-bond donors (Lipinski definition) is 2. The molecular weight excluding hydrogens is 418 g/mol. The average Bonchev–Trinajstić information content (AvgIpc) is 2.71. The van der Waals surface area contributed by atoms with Gasteiger partial charge in [-0.1, -0.05) is 6.07 Å². The molecule has 1 unspecified atom stereocenters. The van der Waals surface area contributed by atoms with Gasteiger partial charge in [0.1, 0.15) is 11.6 Å². The van der Waals surface area contributed by atoms with E-state index in [4.69, 9.17) is 5.11 Å². The van der Waals surface area contributed by atoms with Crippen LogP contribution in [0.1, 0.15) is 46.3 Å². The van der Waals surface area contributed by atoms with Gasteiger partial charge in [0.05, 0.1) is 6.42 Å². The maximum Gasteiger partial charge on any atom is 0.305 e. The van der Waals surface area contributed by atoms with Crippen LogP contribution in [0.3, 0.4) is 0 Å². The first kappa shape index (κ1) is 23.4. The molecule has 170 valence electrons. The number of anilines is 1. The lowest BCUT2D eigenvalue weighted by molar-refractivity contribution is -0.136. The zero-order valence-electron chi connectivity index (χ0n) is 18.1. The summed E-state index contributed by atoms with van der Waals surface area (Å²) in [6, 6.07) is 6.90. The smallest absolute Gasteiger partial charge is 0.305 e. The Bertz CT molecular complexity index is 1030. The van der Waals surface area contributed by atoms with E-state index in [1.54, 1.807) is 17.0 Å². The summed E-state index contributed by atoms with van der Waals surface area (Å²) < 4.78 is 27.3. The molecule has 1 aliphatic rings. The molecule has 0 saturated carbocycles. The summed E-state index contributed by atoms with van der Waals surface area (Å²) in [6.07, 6.45) is 1.18. The molecule has 1 fully saturated rings. The fourth-order valence-corrected chi connectivity index (χ4v) is 4.19. The average molecular weight is 444 g/mol. The standard InChI is InChI=1S/C24H26F2N2O4/c1-14-9-18(24(32)27-8-7-22(30)31)10-15(2)23(14)28-13-16(3-6-21(28)29)11-17-4-5-19(25)12-20(17)26/h4-5,9-10,12,16H,3,6-8,11,13H2,1-2H3,(H,27,32)(H,30,31). The summed E-state index contributed by atoms with van der Waals surface area (Å²) in [5.41, 5.74) is 3.03. The summed E-state index contributed by atoms with van der Waals surface area (Å²) in [5.74, 6) is -2.59. The van der Waals surface area contributed by atoms with Gasteiger partial charge in [0.25, 0.3) is 5.91 Å². The van der Waals surface area contributed by atoms with Crippen LogP contribution in [0.15, 0.2) is 30.3 Å². The van der Waals surface area contributed by atoms with Crippen molar-refractivity contribution in [2.45, 2.75) is 39.5 Å². The molecule has 2 aromatic carbocycles. The van der Waals surface area contributed by atoms with E-state index in [1.165, 1.54) is 12.1 Å². The fourth-order valence-electron chi connectivity index (χ4n) is 4.19. The third-order valence-electron chi connectivity index (χ3n) is 5.68. The van der Waals surface area contributed by atoms with Gasteiger partial charge in [-0.15, -0.1) is 0 Å². The lowest BCUT2D eigenvalue weighted by atomic mass is 9.89. The quantitative estimate of drug-likeness (QED) is 0.681. The second-order valence-corrected chi connectivity index (χ2v) is 8.21. The number of halogens is 2. The van der Waals surface area contributed by atoms with Crippen LogP contribution in [0.4, 0.5) is 14.5 Å². The summed E-state index contributed by atoms with van der Waals surface area (Å²) >= 11 is 0. The van der Waals surface area contributed by atoms with Gasteiger partial charge in [-0.2, -0.15) is 0 Å². The van der Waals surface area contributed by atoms with Crippen LogP contribution >= 0.6 is 0 Å².